The van der Waals surface area contributed by atoms with Gasteiger partial charge in [0.1, 0.15) is 30.3 Å². The van der Waals surface area contributed by atoms with Gasteiger partial charge in [0.15, 0.2) is 34.5 Å². The summed E-state index contributed by atoms with van der Waals surface area (Å²) in [5.74, 6) is -1.90. The van der Waals surface area contributed by atoms with Crippen LogP contribution < -0.4 is 25.2 Å². The molecule has 0 radical (unpaired) electrons. The largest absolute Gasteiger partial charge is 0.491 e. The predicted octanol–water partition coefficient (Wildman–Crippen LogP) is 7.10. The van der Waals surface area contributed by atoms with Gasteiger partial charge in [0.05, 0.1) is 30.3 Å². The molecule has 0 spiro atoms. The number of anilines is 2. The first-order valence-electron chi connectivity index (χ1n) is 22.3. The van der Waals surface area contributed by atoms with Gasteiger partial charge in [-0.2, -0.15) is 18.4 Å². The minimum atomic E-state index is -4.91. The third-order valence-electron chi connectivity index (χ3n) is 11.5. The van der Waals surface area contributed by atoms with E-state index in [4.69, 9.17) is 36.1 Å². The number of nitriles is 1. The van der Waals surface area contributed by atoms with Crippen LogP contribution in [0.2, 0.25) is 0 Å². The summed E-state index contributed by atoms with van der Waals surface area (Å²) in [6.45, 7) is 10.1. The Morgan fingerprint density at radius 2 is 1.70 bits per heavy atom. The lowest BCUT2D eigenvalue weighted by molar-refractivity contribution is -0.144. The van der Waals surface area contributed by atoms with Crippen LogP contribution in [0.15, 0.2) is 71.7 Å². The minimum Gasteiger partial charge on any atom is -0.491 e. The van der Waals surface area contributed by atoms with Gasteiger partial charge in [-0.15, -0.1) is 0 Å². The molecule has 21 heteroatoms. The Morgan fingerprint density at radius 1 is 0.986 bits per heavy atom. The molecule has 2 aliphatic rings. The van der Waals surface area contributed by atoms with E-state index in [0.29, 0.717) is 63.7 Å². The van der Waals surface area contributed by atoms with Crippen molar-refractivity contribution in [1.29, 1.82) is 5.26 Å². The number of hydrogen-bond acceptors (Lipinski definition) is 12. The smallest absolute Gasteiger partial charge is 0.419 e. The van der Waals surface area contributed by atoms with Gasteiger partial charge in [-0.25, -0.2) is 14.4 Å². The second-order valence-corrected chi connectivity index (χ2v) is 18.4. The Bertz CT molecular complexity index is 2530. The lowest BCUT2D eigenvalue weighted by Gasteiger charge is -2.35. The average molecular weight is 979 g/mol. The zero-order chi connectivity index (χ0) is 50.1. The van der Waals surface area contributed by atoms with Crippen molar-refractivity contribution in [1.82, 2.24) is 25.5 Å². The number of likely N-dealkylation sites (tertiary alicyclic amines) is 1. The fourth-order valence-electron chi connectivity index (χ4n) is 7.87. The molecule has 2 atom stereocenters. The van der Waals surface area contributed by atoms with Crippen molar-refractivity contribution < 1.29 is 55.4 Å². The van der Waals surface area contributed by atoms with E-state index in [0.717, 1.165) is 28.3 Å². The van der Waals surface area contributed by atoms with Gasteiger partial charge in [0.2, 0.25) is 17.7 Å². The topological polar surface area (TPSA) is 192 Å². The van der Waals surface area contributed by atoms with Gasteiger partial charge in [0, 0.05) is 50.2 Å². The highest BCUT2D eigenvalue weighted by molar-refractivity contribution is 7.81. The molecule has 2 N–H and O–H groups in total. The van der Waals surface area contributed by atoms with E-state index in [1.165, 1.54) is 43.3 Å². The maximum Gasteiger partial charge on any atom is 0.419 e. The van der Waals surface area contributed by atoms with Gasteiger partial charge < -0.3 is 39.1 Å². The molecule has 4 aromatic rings. The molecule has 16 nitrogen and oxygen atoms in total. The number of rotatable bonds is 20. The normalized spacial score (nSPS) is 16.4. The van der Waals surface area contributed by atoms with Crippen LogP contribution >= 0.6 is 12.2 Å². The zero-order valence-electron chi connectivity index (χ0n) is 38.9. The molecule has 0 saturated carbocycles. The second kappa shape index (κ2) is 22.3. The fourth-order valence-corrected chi connectivity index (χ4v) is 8.40. The molecule has 4 amide bonds. The molecule has 2 aromatic heterocycles. The molecule has 69 heavy (non-hydrogen) atoms. The maximum atomic E-state index is 15.3. The SMILES string of the molecule is CC(C)(C)[C@H](NC(=O)COCCCOCCCCOc1ccc(N2C(=S)N(c3cnc(C#N)c(C(F)(F)F)c3)C(=O)C2(C)C)cc1F)C(=O)N1CCC[C@H]1C(=O)NCc1ccc(-c2cnco2)cc1. The van der Waals surface area contributed by atoms with Crippen molar-refractivity contribution in [2.45, 2.75) is 97.1 Å². The molecule has 0 bridgehead atoms. The number of aromatic nitrogens is 2. The van der Waals surface area contributed by atoms with Crippen molar-refractivity contribution in [3.63, 3.8) is 0 Å². The Hall–Kier alpha value is -6.50. The zero-order valence-corrected chi connectivity index (χ0v) is 39.7. The number of hydrogen-bond donors (Lipinski definition) is 2. The number of thiocarbonyl (C=S) groups is 1. The van der Waals surface area contributed by atoms with Gasteiger partial charge in [0.25, 0.3) is 5.91 Å². The summed E-state index contributed by atoms with van der Waals surface area (Å²) in [6.07, 6.45) is 1.81. The third-order valence-corrected chi connectivity index (χ3v) is 11.9. The standard InChI is InChI=1S/C48H54F4N8O8S/c1-46(2,3)41(43(63)58-17-8-10-37(58)42(62)56-25-30-11-13-31(14-12-30)39-27-54-29-68-39)57-40(61)28-66-20-9-19-65-18-6-7-21-67-38-16-15-32(23-35(38)49)60-45(69)59(44(64)47(60,4)5)33-22-34(48(50,51)52)36(24-53)55-26-33/h11-16,22-23,26-27,29,37,41H,6-10,17-21,25,28H2,1-5H3,(H,56,62)(H,57,61)/t37-,41+/m0/s1. The van der Waals surface area contributed by atoms with E-state index >= 15 is 4.39 Å². The molecular weight excluding hydrogens is 925 g/mol. The number of carbonyl (C=O) groups excluding carboxylic acids is 4. The molecule has 0 aliphatic carbocycles. The summed E-state index contributed by atoms with van der Waals surface area (Å²) < 4.78 is 78.5. The van der Waals surface area contributed by atoms with E-state index in [1.54, 1.807) is 11.1 Å². The fraction of sp³-hybridized carbons (Fsp3) is 0.458. The van der Waals surface area contributed by atoms with Crippen molar-refractivity contribution in [3.8, 4) is 23.1 Å². The molecule has 368 valence electrons. The molecule has 4 heterocycles. The van der Waals surface area contributed by atoms with Crippen LogP contribution in [0.3, 0.4) is 0 Å². The Balaban J connectivity index is 0.869. The highest BCUT2D eigenvalue weighted by Gasteiger charge is 2.51. The number of ether oxygens (including phenoxy) is 3. The Kier molecular flexibility index (Phi) is 16.8. The molecule has 2 aliphatic heterocycles. The predicted molar refractivity (Wildman–Crippen MR) is 248 cm³/mol. The Labute approximate surface area is 402 Å². The Morgan fingerprint density at radius 3 is 2.36 bits per heavy atom. The summed E-state index contributed by atoms with van der Waals surface area (Å²) in [6, 6.07) is 12.0. The minimum absolute atomic E-state index is 0.0569. The molecule has 2 aromatic carbocycles. The van der Waals surface area contributed by atoms with Crippen LogP contribution in [0.4, 0.5) is 28.9 Å². The molecular formula is C48H54F4N8O8S. The first-order valence-corrected chi connectivity index (χ1v) is 22.7. The number of pyridine rings is 1. The summed E-state index contributed by atoms with van der Waals surface area (Å²) in [7, 11) is 0. The van der Waals surface area contributed by atoms with Crippen molar-refractivity contribution in [2.24, 2.45) is 5.41 Å². The van der Waals surface area contributed by atoms with Gasteiger partial charge in [-0.1, -0.05) is 45.0 Å². The number of amides is 4. The average Bonchev–Trinajstić information content (AvgIpc) is 4.06. The van der Waals surface area contributed by atoms with Crippen LogP contribution in [0.25, 0.3) is 11.3 Å². The molecule has 0 unspecified atom stereocenters. The first-order chi connectivity index (χ1) is 32.7. The van der Waals surface area contributed by atoms with E-state index in [1.807, 2.05) is 45.0 Å². The third kappa shape index (κ3) is 12.6. The van der Waals surface area contributed by atoms with E-state index in [2.05, 4.69) is 20.6 Å². The van der Waals surface area contributed by atoms with Crippen LogP contribution in [0, 0.1) is 22.6 Å². The number of oxazole rings is 1. The van der Waals surface area contributed by atoms with Crippen molar-refractivity contribution in [3.05, 3.63) is 90.0 Å². The van der Waals surface area contributed by atoms with Gasteiger partial charge in [-0.05, 0) is 87.3 Å². The summed E-state index contributed by atoms with van der Waals surface area (Å²) in [5, 5.41) is 14.7. The lowest BCUT2D eigenvalue weighted by Crippen LogP contribution is -2.58. The quantitative estimate of drug-likeness (QED) is 0.0518. The van der Waals surface area contributed by atoms with Crippen LogP contribution in [0.5, 0.6) is 5.75 Å². The first kappa shape index (κ1) is 51.9. The number of nitrogens with zero attached hydrogens (tertiary/aromatic N) is 6. The molecule has 6 rings (SSSR count). The van der Waals surface area contributed by atoms with Crippen molar-refractivity contribution >= 4 is 52.3 Å². The number of carbonyl (C=O) groups is 4. The lowest BCUT2D eigenvalue weighted by atomic mass is 9.85. The second-order valence-electron chi connectivity index (χ2n) is 18.0. The summed E-state index contributed by atoms with van der Waals surface area (Å²) in [4.78, 5) is 64.9. The number of nitrogens with one attached hydrogen (secondary N) is 2. The van der Waals surface area contributed by atoms with Gasteiger partial charge in [-0.3, -0.25) is 24.1 Å². The summed E-state index contributed by atoms with van der Waals surface area (Å²) >= 11 is 5.51. The highest BCUT2D eigenvalue weighted by atomic mass is 32.1. The van der Waals surface area contributed by atoms with Crippen LogP contribution in [-0.4, -0.2) is 101 Å². The van der Waals surface area contributed by atoms with E-state index < -0.39 is 58.1 Å². The van der Waals surface area contributed by atoms with Gasteiger partial charge >= 0.3 is 6.18 Å². The number of unbranched alkanes of at least 4 members (excludes halogenated alkanes) is 1. The van der Waals surface area contributed by atoms with Crippen molar-refractivity contribution in [2.75, 3.05) is 49.4 Å². The van der Waals surface area contributed by atoms with Crippen LogP contribution in [0.1, 0.15) is 83.5 Å². The highest BCUT2D eigenvalue weighted by Crippen LogP contribution is 2.40. The monoisotopic (exact) mass is 978 g/mol. The van der Waals surface area contributed by atoms with E-state index in [9.17, 15) is 32.3 Å². The molecule has 2 saturated heterocycles. The number of halogens is 4. The summed E-state index contributed by atoms with van der Waals surface area (Å²) in [5.41, 5.74) is -2.63. The number of benzene rings is 2. The molecule has 2 fully saturated rings. The maximum absolute atomic E-state index is 15.3. The number of alkyl halides is 3. The van der Waals surface area contributed by atoms with Crippen LogP contribution in [-0.2, 0) is 41.4 Å². The van der Waals surface area contributed by atoms with E-state index in [-0.39, 0.29) is 60.4 Å².